The number of hydrogen-bond donors (Lipinski definition) is 1. The number of aryl methyl sites for hydroxylation is 2. The Labute approximate surface area is 133 Å². The quantitative estimate of drug-likeness (QED) is 0.777. The zero-order valence-corrected chi connectivity index (χ0v) is 13.8. The van der Waals surface area contributed by atoms with Crippen molar-refractivity contribution in [2.45, 2.75) is 20.0 Å². The molecule has 0 bridgehead atoms. The van der Waals surface area contributed by atoms with Gasteiger partial charge in [0.25, 0.3) is 0 Å². The zero-order chi connectivity index (χ0) is 14.8. The van der Waals surface area contributed by atoms with Crippen molar-refractivity contribution in [2.24, 2.45) is 7.05 Å². The summed E-state index contributed by atoms with van der Waals surface area (Å²) in [6.45, 7) is 3.65. The highest BCUT2D eigenvalue weighted by Crippen LogP contribution is 2.21. The van der Waals surface area contributed by atoms with Crippen LogP contribution in [0.1, 0.15) is 17.0 Å². The smallest absolute Gasteiger partial charge is 0.0739 e. The van der Waals surface area contributed by atoms with Crippen molar-refractivity contribution in [1.29, 1.82) is 0 Å². The van der Waals surface area contributed by atoms with Crippen LogP contribution in [0.2, 0.25) is 0 Å². The number of hydrogen-bond acceptors (Lipinski definition) is 2. The third-order valence-corrected chi connectivity index (χ3v) is 4.78. The molecule has 3 rings (SSSR count). The second-order valence-corrected chi connectivity index (χ2v) is 6.00. The SMILES string of the molecule is Cc1nn(C)c(CNCc2cccc3ccccc23)c1Br. The van der Waals surface area contributed by atoms with Crippen molar-refractivity contribution < 1.29 is 0 Å². The summed E-state index contributed by atoms with van der Waals surface area (Å²) < 4.78 is 3.02. The average molecular weight is 344 g/mol. The highest BCUT2D eigenvalue weighted by atomic mass is 79.9. The lowest BCUT2D eigenvalue weighted by Gasteiger charge is -2.09. The molecule has 0 aliphatic rings. The first-order valence-corrected chi connectivity index (χ1v) is 7.81. The molecule has 0 spiro atoms. The Bertz CT molecular complexity index is 772. The maximum absolute atomic E-state index is 4.42. The van der Waals surface area contributed by atoms with Gasteiger partial charge in [0.2, 0.25) is 0 Å². The van der Waals surface area contributed by atoms with E-state index in [0.29, 0.717) is 0 Å². The van der Waals surface area contributed by atoms with E-state index in [-0.39, 0.29) is 0 Å². The lowest BCUT2D eigenvalue weighted by molar-refractivity contribution is 0.624. The predicted molar refractivity (Wildman–Crippen MR) is 90.1 cm³/mol. The van der Waals surface area contributed by atoms with Gasteiger partial charge in [-0.05, 0) is 39.2 Å². The molecule has 21 heavy (non-hydrogen) atoms. The normalized spacial score (nSPS) is 11.2. The highest BCUT2D eigenvalue weighted by Gasteiger charge is 2.10. The summed E-state index contributed by atoms with van der Waals surface area (Å²) in [7, 11) is 1.98. The summed E-state index contributed by atoms with van der Waals surface area (Å²) in [5.74, 6) is 0. The van der Waals surface area contributed by atoms with E-state index in [9.17, 15) is 0 Å². The van der Waals surface area contributed by atoms with Gasteiger partial charge in [-0.15, -0.1) is 0 Å². The van der Waals surface area contributed by atoms with E-state index < -0.39 is 0 Å². The number of halogens is 1. The number of nitrogens with zero attached hydrogens (tertiary/aromatic N) is 2. The van der Waals surface area contributed by atoms with Crippen molar-refractivity contribution in [1.82, 2.24) is 15.1 Å². The van der Waals surface area contributed by atoms with Gasteiger partial charge in [0.05, 0.1) is 15.9 Å². The van der Waals surface area contributed by atoms with Crippen LogP contribution in [0.25, 0.3) is 10.8 Å². The van der Waals surface area contributed by atoms with Crippen LogP contribution in [-0.2, 0) is 20.1 Å². The van der Waals surface area contributed by atoms with Crippen LogP contribution in [0.4, 0.5) is 0 Å². The molecule has 4 heteroatoms. The molecule has 0 saturated heterocycles. The molecular weight excluding hydrogens is 326 g/mol. The Hall–Kier alpha value is -1.65. The summed E-state index contributed by atoms with van der Waals surface area (Å²) in [6, 6.07) is 14.9. The molecule has 0 radical (unpaired) electrons. The van der Waals surface area contributed by atoms with Crippen molar-refractivity contribution in [3.05, 3.63) is 63.9 Å². The predicted octanol–water partition coefficient (Wildman–Crippen LogP) is 3.93. The summed E-state index contributed by atoms with van der Waals surface area (Å²) in [5.41, 5.74) is 3.52. The lowest BCUT2D eigenvalue weighted by Crippen LogP contribution is -2.15. The second kappa shape index (κ2) is 6.00. The maximum Gasteiger partial charge on any atom is 0.0739 e. The molecule has 0 atom stereocenters. The van der Waals surface area contributed by atoms with E-state index in [4.69, 9.17) is 0 Å². The summed E-state index contributed by atoms with van der Waals surface area (Å²) >= 11 is 3.60. The molecule has 0 amide bonds. The van der Waals surface area contributed by atoms with Crippen LogP contribution in [0.3, 0.4) is 0 Å². The Morgan fingerprint density at radius 1 is 1.10 bits per heavy atom. The molecule has 0 unspecified atom stereocenters. The van der Waals surface area contributed by atoms with Gasteiger partial charge in [-0.1, -0.05) is 42.5 Å². The monoisotopic (exact) mass is 343 g/mol. The van der Waals surface area contributed by atoms with E-state index in [1.807, 2.05) is 18.7 Å². The molecule has 0 aliphatic heterocycles. The second-order valence-electron chi connectivity index (χ2n) is 5.21. The molecule has 0 saturated carbocycles. The summed E-state index contributed by atoms with van der Waals surface area (Å²) in [5, 5.41) is 10.5. The zero-order valence-electron chi connectivity index (χ0n) is 12.2. The molecule has 1 heterocycles. The topological polar surface area (TPSA) is 29.9 Å². The maximum atomic E-state index is 4.42. The van der Waals surface area contributed by atoms with E-state index in [2.05, 4.69) is 68.8 Å². The Morgan fingerprint density at radius 3 is 2.62 bits per heavy atom. The van der Waals surface area contributed by atoms with E-state index in [0.717, 1.165) is 23.3 Å². The van der Waals surface area contributed by atoms with Gasteiger partial charge < -0.3 is 5.32 Å². The van der Waals surface area contributed by atoms with Crippen LogP contribution >= 0.6 is 15.9 Å². The van der Waals surface area contributed by atoms with Crippen molar-refractivity contribution >= 4 is 26.7 Å². The first-order valence-electron chi connectivity index (χ1n) is 7.02. The lowest BCUT2D eigenvalue weighted by atomic mass is 10.0. The fourth-order valence-corrected chi connectivity index (χ4v) is 3.11. The number of rotatable bonds is 4. The van der Waals surface area contributed by atoms with E-state index >= 15 is 0 Å². The highest BCUT2D eigenvalue weighted by molar-refractivity contribution is 9.10. The van der Waals surface area contributed by atoms with Crippen LogP contribution in [0, 0.1) is 6.92 Å². The molecule has 2 aromatic carbocycles. The molecule has 1 N–H and O–H groups in total. The number of nitrogens with one attached hydrogen (secondary N) is 1. The third kappa shape index (κ3) is 2.87. The van der Waals surface area contributed by atoms with Gasteiger partial charge in [0.15, 0.2) is 0 Å². The molecule has 1 aromatic heterocycles. The van der Waals surface area contributed by atoms with Gasteiger partial charge in [0.1, 0.15) is 0 Å². The molecule has 3 aromatic rings. The van der Waals surface area contributed by atoms with Crippen LogP contribution in [0.5, 0.6) is 0 Å². The molecule has 108 valence electrons. The fourth-order valence-electron chi connectivity index (χ4n) is 2.63. The van der Waals surface area contributed by atoms with Crippen LogP contribution in [0.15, 0.2) is 46.9 Å². The summed E-state index contributed by atoms with van der Waals surface area (Å²) in [4.78, 5) is 0. The van der Waals surface area contributed by atoms with Crippen molar-refractivity contribution in [3.8, 4) is 0 Å². The minimum atomic E-state index is 0.793. The first-order chi connectivity index (χ1) is 10.2. The van der Waals surface area contributed by atoms with Crippen molar-refractivity contribution in [2.75, 3.05) is 0 Å². The minimum Gasteiger partial charge on any atom is -0.307 e. The Morgan fingerprint density at radius 2 is 1.86 bits per heavy atom. The van der Waals surface area contributed by atoms with Crippen LogP contribution in [-0.4, -0.2) is 9.78 Å². The fraction of sp³-hybridized carbons (Fsp3) is 0.235. The van der Waals surface area contributed by atoms with E-state index in [1.165, 1.54) is 22.0 Å². The third-order valence-electron chi connectivity index (χ3n) is 3.75. The molecular formula is C17H18BrN3. The van der Waals surface area contributed by atoms with Gasteiger partial charge in [-0.2, -0.15) is 5.10 Å². The molecule has 0 fully saturated rings. The number of fused-ring (bicyclic) bond motifs is 1. The van der Waals surface area contributed by atoms with Gasteiger partial charge >= 0.3 is 0 Å². The van der Waals surface area contributed by atoms with Crippen LogP contribution < -0.4 is 5.32 Å². The molecule has 3 nitrogen and oxygen atoms in total. The summed E-state index contributed by atoms with van der Waals surface area (Å²) in [6.07, 6.45) is 0. The van der Waals surface area contributed by atoms with Gasteiger partial charge in [-0.3, -0.25) is 4.68 Å². The minimum absolute atomic E-state index is 0.793. The average Bonchev–Trinajstić information content (AvgIpc) is 2.73. The Kier molecular flexibility index (Phi) is 4.08. The number of benzene rings is 2. The Balaban J connectivity index is 1.75. The van der Waals surface area contributed by atoms with E-state index in [1.54, 1.807) is 0 Å². The largest absolute Gasteiger partial charge is 0.307 e. The standard InChI is InChI=1S/C17H18BrN3/c1-12-17(18)16(21(2)20-12)11-19-10-14-8-5-7-13-6-3-4-9-15(13)14/h3-9,19H,10-11H2,1-2H3. The number of aromatic nitrogens is 2. The van der Waals surface area contributed by atoms with Crippen molar-refractivity contribution in [3.63, 3.8) is 0 Å². The van der Waals surface area contributed by atoms with Gasteiger partial charge in [0, 0.05) is 20.1 Å². The molecule has 0 aliphatic carbocycles. The first kappa shape index (κ1) is 14.3. The van der Waals surface area contributed by atoms with Gasteiger partial charge in [-0.25, -0.2) is 0 Å².